The van der Waals surface area contributed by atoms with Crippen LogP contribution in [-0.4, -0.2) is 30.0 Å². The summed E-state index contributed by atoms with van der Waals surface area (Å²) in [6, 6.07) is 0.637. The molecule has 0 amide bonds. The van der Waals surface area contributed by atoms with Gasteiger partial charge in [-0.3, -0.25) is 4.68 Å². The van der Waals surface area contributed by atoms with Crippen LogP contribution in [0.3, 0.4) is 0 Å². The maximum absolute atomic E-state index is 5.38. The predicted molar refractivity (Wildman–Crippen MR) is 63.8 cm³/mol. The molecule has 2 unspecified atom stereocenters. The summed E-state index contributed by atoms with van der Waals surface area (Å²) >= 11 is 0. The van der Waals surface area contributed by atoms with Gasteiger partial charge in [0.25, 0.3) is 0 Å². The van der Waals surface area contributed by atoms with E-state index in [0.29, 0.717) is 12.0 Å². The van der Waals surface area contributed by atoms with Crippen LogP contribution < -0.4 is 10.1 Å². The van der Waals surface area contributed by atoms with Crippen molar-refractivity contribution < 1.29 is 4.74 Å². The smallest absolute Gasteiger partial charge is 0.160 e. The standard InChI is InChI=1S/C12H21N3O/c1-13-10-6-4-5-9(7-10)12-11(16-3)8-14-15(12)2/h8-10,13H,4-7H2,1-3H3. The number of hydrogen-bond acceptors (Lipinski definition) is 3. The number of aryl methyl sites for hydroxylation is 1. The molecule has 0 bridgehead atoms. The Balaban J connectivity index is 2.19. The summed E-state index contributed by atoms with van der Waals surface area (Å²) in [7, 11) is 5.77. The Hall–Kier alpha value is -1.03. The first-order valence-corrected chi connectivity index (χ1v) is 5.99. The second-order valence-corrected chi connectivity index (χ2v) is 4.57. The molecule has 1 aliphatic rings. The lowest BCUT2D eigenvalue weighted by molar-refractivity contribution is 0.332. The molecular formula is C12H21N3O. The van der Waals surface area contributed by atoms with E-state index in [4.69, 9.17) is 4.74 Å². The monoisotopic (exact) mass is 223 g/mol. The molecule has 16 heavy (non-hydrogen) atoms. The first-order valence-electron chi connectivity index (χ1n) is 5.99. The van der Waals surface area contributed by atoms with Crippen LogP contribution in [0.2, 0.25) is 0 Å². The van der Waals surface area contributed by atoms with Crippen LogP contribution in [0.15, 0.2) is 6.20 Å². The van der Waals surface area contributed by atoms with Gasteiger partial charge in [0.15, 0.2) is 5.75 Å². The van der Waals surface area contributed by atoms with E-state index in [2.05, 4.69) is 10.4 Å². The highest BCUT2D eigenvalue weighted by Crippen LogP contribution is 2.36. The molecular weight excluding hydrogens is 202 g/mol. The van der Waals surface area contributed by atoms with Crippen molar-refractivity contribution in [1.29, 1.82) is 0 Å². The summed E-state index contributed by atoms with van der Waals surface area (Å²) in [4.78, 5) is 0. The maximum Gasteiger partial charge on any atom is 0.160 e. The largest absolute Gasteiger partial charge is 0.493 e. The molecule has 1 N–H and O–H groups in total. The number of rotatable bonds is 3. The molecule has 1 heterocycles. The molecule has 0 saturated heterocycles. The minimum atomic E-state index is 0.577. The highest BCUT2D eigenvalue weighted by molar-refractivity contribution is 5.29. The minimum Gasteiger partial charge on any atom is -0.493 e. The van der Waals surface area contributed by atoms with Crippen LogP contribution in [0.5, 0.6) is 5.75 Å². The van der Waals surface area contributed by atoms with Crippen LogP contribution in [0.25, 0.3) is 0 Å². The third kappa shape index (κ3) is 2.07. The summed E-state index contributed by atoms with van der Waals surface area (Å²) in [6.07, 6.45) is 6.82. The van der Waals surface area contributed by atoms with Crippen LogP contribution in [0.4, 0.5) is 0 Å². The lowest BCUT2D eigenvalue weighted by Crippen LogP contribution is -2.31. The first kappa shape index (κ1) is 11.5. The molecule has 0 spiro atoms. The van der Waals surface area contributed by atoms with Crippen LogP contribution in [-0.2, 0) is 7.05 Å². The normalized spacial score (nSPS) is 25.7. The lowest BCUT2D eigenvalue weighted by atomic mass is 9.83. The Morgan fingerprint density at radius 2 is 2.31 bits per heavy atom. The number of ether oxygens (including phenoxy) is 1. The summed E-state index contributed by atoms with van der Waals surface area (Å²) < 4.78 is 7.34. The molecule has 2 atom stereocenters. The van der Waals surface area contributed by atoms with Gasteiger partial charge < -0.3 is 10.1 Å². The Labute approximate surface area is 97.0 Å². The van der Waals surface area contributed by atoms with Gasteiger partial charge in [-0.05, 0) is 26.3 Å². The van der Waals surface area contributed by atoms with Crippen LogP contribution >= 0.6 is 0 Å². The number of nitrogens with one attached hydrogen (secondary N) is 1. The Bertz CT molecular complexity index is 348. The highest BCUT2D eigenvalue weighted by Gasteiger charge is 2.26. The molecule has 1 saturated carbocycles. The van der Waals surface area contributed by atoms with E-state index < -0.39 is 0 Å². The zero-order valence-electron chi connectivity index (χ0n) is 10.4. The summed E-state index contributed by atoms with van der Waals surface area (Å²) in [5, 5.41) is 7.67. The third-order valence-corrected chi connectivity index (χ3v) is 3.64. The molecule has 4 heteroatoms. The molecule has 0 aliphatic heterocycles. The molecule has 90 valence electrons. The van der Waals surface area contributed by atoms with Gasteiger partial charge in [-0.1, -0.05) is 6.42 Å². The molecule has 1 aromatic heterocycles. The number of aromatic nitrogens is 2. The van der Waals surface area contributed by atoms with Crippen molar-refractivity contribution in [1.82, 2.24) is 15.1 Å². The van der Waals surface area contributed by atoms with Gasteiger partial charge in [-0.15, -0.1) is 0 Å². The molecule has 1 aromatic rings. The lowest BCUT2D eigenvalue weighted by Gasteiger charge is -2.29. The van der Waals surface area contributed by atoms with E-state index in [1.54, 1.807) is 7.11 Å². The van der Waals surface area contributed by atoms with E-state index in [0.717, 1.165) is 5.75 Å². The summed E-state index contributed by atoms with van der Waals surface area (Å²) in [6.45, 7) is 0. The molecule has 1 aliphatic carbocycles. The molecule has 4 nitrogen and oxygen atoms in total. The first-order chi connectivity index (χ1) is 7.76. The quantitative estimate of drug-likeness (QED) is 0.847. The number of methoxy groups -OCH3 is 1. The van der Waals surface area contributed by atoms with Gasteiger partial charge in [-0.25, -0.2) is 0 Å². The minimum absolute atomic E-state index is 0.577. The van der Waals surface area contributed by atoms with Gasteiger partial charge >= 0.3 is 0 Å². The maximum atomic E-state index is 5.38. The Kier molecular flexibility index (Phi) is 3.49. The SMILES string of the molecule is CNC1CCCC(c2c(OC)cnn2C)C1. The zero-order chi connectivity index (χ0) is 11.5. The average molecular weight is 223 g/mol. The van der Waals surface area contributed by atoms with E-state index in [-0.39, 0.29) is 0 Å². The van der Waals surface area contributed by atoms with Gasteiger partial charge in [0.2, 0.25) is 0 Å². The zero-order valence-corrected chi connectivity index (χ0v) is 10.4. The van der Waals surface area contributed by atoms with Crippen molar-refractivity contribution in [2.24, 2.45) is 7.05 Å². The van der Waals surface area contributed by atoms with Crippen LogP contribution in [0.1, 0.15) is 37.3 Å². The average Bonchev–Trinajstić information content (AvgIpc) is 2.70. The van der Waals surface area contributed by atoms with Gasteiger partial charge in [0.1, 0.15) is 0 Å². The third-order valence-electron chi connectivity index (χ3n) is 3.64. The van der Waals surface area contributed by atoms with Gasteiger partial charge in [0, 0.05) is 19.0 Å². The van der Waals surface area contributed by atoms with Crippen molar-refractivity contribution in [3.05, 3.63) is 11.9 Å². The van der Waals surface area contributed by atoms with E-state index >= 15 is 0 Å². The molecule has 0 aromatic carbocycles. The fourth-order valence-corrected chi connectivity index (χ4v) is 2.75. The fraction of sp³-hybridized carbons (Fsp3) is 0.750. The Morgan fingerprint density at radius 3 is 3.00 bits per heavy atom. The van der Waals surface area contributed by atoms with Crippen molar-refractivity contribution in [2.75, 3.05) is 14.2 Å². The van der Waals surface area contributed by atoms with Gasteiger partial charge in [-0.2, -0.15) is 5.10 Å². The van der Waals surface area contributed by atoms with Crippen molar-refractivity contribution >= 4 is 0 Å². The molecule has 1 fully saturated rings. The second-order valence-electron chi connectivity index (χ2n) is 4.57. The fourth-order valence-electron chi connectivity index (χ4n) is 2.75. The number of hydrogen-bond donors (Lipinski definition) is 1. The van der Waals surface area contributed by atoms with Crippen LogP contribution in [0, 0.1) is 0 Å². The highest BCUT2D eigenvalue weighted by atomic mass is 16.5. The van der Waals surface area contributed by atoms with Crippen molar-refractivity contribution in [2.45, 2.75) is 37.6 Å². The van der Waals surface area contributed by atoms with Gasteiger partial charge in [0.05, 0.1) is 19.0 Å². The van der Waals surface area contributed by atoms with E-state index in [9.17, 15) is 0 Å². The van der Waals surface area contributed by atoms with E-state index in [1.807, 2.05) is 25.0 Å². The second kappa shape index (κ2) is 4.87. The summed E-state index contributed by atoms with van der Waals surface area (Å²) in [5.41, 5.74) is 1.25. The predicted octanol–water partition coefficient (Wildman–Crippen LogP) is 1.67. The molecule has 2 rings (SSSR count). The van der Waals surface area contributed by atoms with E-state index in [1.165, 1.54) is 31.4 Å². The van der Waals surface area contributed by atoms with Crippen molar-refractivity contribution in [3.63, 3.8) is 0 Å². The summed E-state index contributed by atoms with van der Waals surface area (Å²) in [5.74, 6) is 1.51. The Morgan fingerprint density at radius 1 is 1.50 bits per heavy atom. The topological polar surface area (TPSA) is 39.1 Å². The number of nitrogens with zero attached hydrogens (tertiary/aromatic N) is 2. The molecule has 0 radical (unpaired) electrons. The van der Waals surface area contributed by atoms with Crippen molar-refractivity contribution in [3.8, 4) is 5.75 Å².